The lowest BCUT2D eigenvalue weighted by Gasteiger charge is -2.10. The molecule has 0 N–H and O–H groups in total. The summed E-state index contributed by atoms with van der Waals surface area (Å²) in [7, 11) is 0. The van der Waals surface area contributed by atoms with E-state index in [2.05, 4.69) is 4.98 Å². The minimum Gasteiger partial charge on any atom is -0.298 e. The average molecular weight is 203 g/mol. The van der Waals surface area contributed by atoms with Crippen LogP contribution < -0.4 is 0 Å². The molecule has 2 rings (SSSR count). The van der Waals surface area contributed by atoms with Crippen LogP contribution in [0.3, 0.4) is 0 Å². The van der Waals surface area contributed by atoms with Crippen LogP contribution in [0.4, 0.5) is 0 Å². The van der Waals surface area contributed by atoms with Gasteiger partial charge in [-0.3, -0.25) is 9.78 Å². The van der Waals surface area contributed by atoms with Gasteiger partial charge in [0.05, 0.1) is 5.69 Å². The Bertz CT molecular complexity index is 354. The summed E-state index contributed by atoms with van der Waals surface area (Å²) in [5.41, 5.74) is 2.96. The van der Waals surface area contributed by atoms with Crippen LogP contribution in [0.1, 0.15) is 60.1 Å². The molecule has 0 aliphatic heterocycles. The molecule has 0 spiro atoms. The van der Waals surface area contributed by atoms with Gasteiger partial charge in [0, 0.05) is 11.8 Å². The Morgan fingerprint density at radius 3 is 2.80 bits per heavy atom. The predicted molar refractivity (Wildman–Crippen MR) is 60.2 cm³/mol. The Morgan fingerprint density at radius 2 is 2.20 bits per heavy atom. The standard InChI is InChI=1S/C13H17NO/c1-2-13-12(9-15)7-11(8-14-13)10-5-3-4-6-10/h7-10H,2-6H2,1H3. The quantitative estimate of drug-likeness (QED) is 0.706. The molecule has 80 valence electrons. The first-order valence-corrected chi connectivity index (χ1v) is 5.79. The van der Waals surface area contributed by atoms with Crippen molar-refractivity contribution in [3.05, 3.63) is 29.1 Å². The van der Waals surface area contributed by atoms with E-state index in [1.54, 1.807) is 0 Å². The monoisotopic (exact) mass is 203 g/mol. The molecule has 1 heterocycles. The highest BCUT2D eigenvalue weighted by Crippen LogP contribution is 2.34. The Labute approximate surface area is 90.7 Å². The summed E-state index contributed by atoms with van der Waals surface area (Å²) in [5, 5.41) is 0. The van der Waals surface area contributed by atoms with Crippen molar-refractivity contribution < 1.29 is 4.79 Å². The van der Waals surface area contributed by atoms with Crippen LogP contribution in [0.5, 0.6) is 0 Å². The first-order chi connectivity index (χ1) is 7.35. The van der Waals surface area contributed by atoms with Gasteiger partial charge in [0.2, 0.25) is 0 Å². The molecule has 1 saturated carbocycles. The van der Waals surface area contributed by atoms with Crippen LogP contribution in [0.2, 0.25) is 0 Å². The molecule has 0 unspecified atom stereocenters. The smallest absolute Gasteiger partial charge is 0.151 e. The third-order valence-electron chi connectivity index (χ3n) is 3.31. The van der Waals surface area contributed by atoms with Crippen molar-refractivity contribution in [3.63, 3.8) is 0 Å². The molecule has 0 bridgehead atoms. The minimum atomic E-state index is 0.641. The normalized spacial score (nSPS) is 16.9. The van der Waals surface area contributed by atoms with Gasteiger partial charge in [0.15, 0.2) is 6.29 Å². The second-order valence-corrected chi connectivity index (χ2v) is 4.26. The summed E-state index contributed by atoms with van der Waals surface area (Å²) in [5.74, 6) is 0.641. The van der Waals surface area contributed by atoms with Crippen LogP contribution in [0.25, 0.3) is 0 Å². The molecule has 1 aliphatic rings. The second kappa shape index (κ2) is 4.56. The summed E-state index contributed by atoms with van der Waals surface area (Å²) in [6, 6.07) is 2.04. The number of hydrogen-bond donors (Lipinski definition) is 0. The van der Waals surface area contributed by atoms with E-state index in [-0.39, 0.29) is 0 Å². The molecule has 0 amide bonds. The molecule has 1 fully saturated rings. The van der Waals surface area contributed by atoms with Crippen LogP contribution >= 0.6 is 0 Å². The largest absolute Gasteiger partial charge is 0.298 e. The van der Waals surface area contributed by atoms with E-state index in [0.717, 1.165) is 24.0 Å². The number of aromatic nitrogens is 1. The van der Waals surface area contributed by atoms with Crippen molar-refractivity contribution in [2.75, 3.05) is 0 Å². The van der Waals surface area contributed by atoms with Crippen LogP contribution in [-0.2, 0) is 6.42 Å². The molecule has 0 radical (unpaired) electrons. The highest BCUT2D eigenvalue weighted by atomic mass is 16.1. The third kappa shape index (κ3) is 2.09. The molecule has 0 aromatic carbocycles. The van der Waals surface area contributed by atoms with Gasteiger partial charge in [-0.25, -0.2) is 0 Å². The number of carbonyl (C=O) groups excluding carboxylic acids is 1. The highest BCUT2D eigenvalue weighted by molar-refractivity contribution is 5.76. The molecule has 2 nitrogen and oxygen atoms in total. The van der Waals surface area contributed by atoms with Gasteiger partial charge in [-0.05, 0) is 36.8 Å². The minimum absolute atomic E-state index is 0.641. The lowest BCUT2D eigenvalue weighted by Crippen LogP contribution is -2.00. The SMILES string of the molecule is CCc1ncc(C2CCCC2)cc1C=O. The Balaban J connectivity index is 2.29. The van der Waals surface area contributed by atoms with Crippen molar-refractivity contribution in [1.29, 1.82) is 0 Å². The van der Waals surface area contributed by atoms with Crippen LogP contribution in [-0.4, -0.2) is 11.3 Å². The van der Waals surface area contributed by atoms with E-state index < -0.39 is 0 Å². The predicted octanol–water partition coefficient (Wildman–Crippen LogP) is 3.11. The van der Waals surface area contributed by atoms with Gasteiger partial charge >= 0.3 is 0 Å². The number of pyridine rings is 1. The zero-order valence-electron chi connectivity index (χ0n) is 9.20. The fraction of sp³-hybridized carbons (Fsp3) is 0.538. The van der Waals surface area contributed by atoms with Gasteiger partial charge < -0.3 is 0 Å². The maximum Gasteiger partial charge on any atom is 0.151 e. The van der Waals surface area contributed by atoms with Crippen molar-refractivity contribution in [1.82, 2.24) is 4.98 Å². The fourth-order valence-electron chi connectivity index (χ4n) is 2.41. The third-order valence-corrected chi connectivity index (χ3v) is 3.31. The molecule has 15 heavy (non-hydrogen) atoms. The van der Waals surface area contributed by atoms with Gasteiger partial charge in [0.25, 0.3) is 0 Å². The van der Waals surface area contributed by atoms with E-state index in [1.165, 1.54) is 31.2 Å². The van der Waals surface area contributed by atoms with Crippen LogP contribution in [0.15, 0.2) is 12.3 Å². The zero-order valence-corrected chi connectivity index (χ0v) is 9.20. The second-order valence-electron chi connectivity index (χ2n) is 4.26. The van der Waals surface area contributed by atoms with Gasteiger partial charge in [-0.2, -0.15) is 0 Å². The van der Waals surface area contributed by atoms with Crippen molar-refractivity contribution in [2.24, 2.45) is 0 Å². The van der Waals surface area contributed by atoms with E-state index in [4.69, 9.17) is 0 Å². The first-order valence-electron chi connectivity index (χ1n) is 5.79. The van der Waals surface area contributed by atoms with E-state index in [0.29, 0.717) is 5.92 Å². The van der Waals surface area contributed by atoms with Crippen molar-refractivity contribution >= 4 is 6.29 Å². The number of aldehydes is 1. The van der Waals surface area contributed by atoms with Gasteiger partial charge in [-0.1, -0.05) is 19.8 Å². The lowest BCUT2D eigenvalue weighted by molar-refractivity contribution is 0.112. The van der Waals surface area contributed by atoms with E-state index in [1.807, 2.05) is 19.2 Å². The Morgan fingerprint density at radius 1 is 1.47 bits per heavy atom. The topological polar surface area (TPSA) is 30.0 Å². The molecule has 1 aromatic rings. The molecule has 1 aromatic heterocycles. The molecule has 1 aliphatic carbocycles. The highest BCUT2D eigenvalue weighted by Gasteiger charge is 2.18. The summed E-state index contributed by atoms with van der Waals surface area (Å²) in [6.07, 6.45) is 8.87. The van der Waals surface area contributed by atoms with Gasteiger partial charge in [0.1, 0.15) is 0 Å². The summed E-state index contributed by atoms with van der Waals surface area (Å²) in [6.45, 7) is 2.03. The van der Waals surface area contributed by atoms with E-state index in [9.17, 15) is 4.79 Å². The molecular weight excluding hydrogens is 186 g/mol. The first kappa shape index (κ1) is 10.3. The Hall–Kier alpha value is -1.18. The molecular formula is C13H17NO. The zero-order chi connectivity index (χ0) is 10.7. The maximum atomic E-state index is 10.9. The molecule has 0 atom stereocenters. The number of aryl methyl sites for hydroxylation is 1. The van der Waals surface area contributed by atoms with Crippen molar-refractivity contribution in [2.45, 2.75) is 44.9 Å². The number of carbonyl (C=O) groups is 1. The number of rotatable bonds is 3. The van der Waals surface area contributed by atoms with Gasteiger partial charge in [-0.15, -0.1) is 0 Å². The Kier molecular flexibility index (Phi) is 3.14. The summed E-state index contributed by atoms with van der Waals surface area (Å²) >= 11 is 0. The fourth-order valence-corrected chi connectivity index (χ4v) is 2.41. The number of nitrogens with zero attached hydrogens (tertiary/aromatic N) is 1. The number of hydrogen-bond acceptors (Lipinski definition) is 2. The van der Waals surface area contributed by atoms with Crippen molar-refractivity contribution in [3.8, 4) is 0 Å². The maximum absolute atomic E-state index is 10.9. The lowest BCUT2D eigenvalue weighted by atomic mass is 9.97. The molecule has 2 heteroatoms. The summed E-state index contributed by atoms with van der Waals surface area (Å²) < 4.78 is 0. The average Bonchev–Trinajstić information content (AvgIpc) is 2.81. The molecule has 0 saturated heterocycles. The van der Waals surface area contributed by atoms with Crippen LogP contribution in [0, 0.1) is 0 Å². The van der Waals surface area contributed by atoms with E-state index >= 15 is 0 Å². The summed E-state index contributed by atoms with van der Waals surface area (Å²) in [4.78, 5) is 15.3.